The Balaban J connectivity index is 1.99. The Morgan fingerprint density at radius 2 is 1.83 bits per heavy atom. The summed E-state index contributed by atoms with van der Waals surface area (Å²) in [6, 6.07) is 10.3. The second kappa shape index (κ2) is 7.27. The van der Waals surface area contributed by atoms with Gasteiger partial charge in [-0.05, 0) is 51.7 Å². The molecule has 1 heterocycles. The van der Waals surface area contributed by atoms with E-state index in [0.717, 1.165) is 24.1 Å². The van der Waals surface area contributed by atoms with Gasteiger partial charge in [0.15, 0.2) is 5.78 Å². The topological polar surface area (TPSA) is 62.0 Å². The molecule has 2 N–H and O–H groups in total. The average Bonchev–Trinajstić information content (AvgIpc) is 2.81. The van der Waals surface area contributed by atoms with Crippen molar-refractivity contribution in [3.8, 4) is 0 Å². The molecule has 2 aromatic rings. The van der Waals surface area contributed by atoms with Gasteiger partial charge in [-0.1, -0.05) is 30.3 Å². The molecule has 1 atom stereocenters. The first-order chi connectivity index (χ1) is 10.9. The first-order valence-electron chi connectivity index (χ1n) is 7.95. The van der Waals surface area contributed by atoms with Gasteiger partial charge in [-0.3, -0.25) is 9.59 Å². The fraction of sp³-hybridized carbons (Fsp3) is 0.368. The van der Waals surface area contributed by atoms with Gasteiger partial charge in [0.2, 0.25) is 0 Å². The molecular weight excluding hydrogens is 288 g/mol. The summed E-state index contributed by atoms with van der Waals surface area (Å²) < 4.78 is 0. The maximum absolute atomic E-state index is 12.4. The Kier molecular flexibility index (Phi) is 5.37. The van der Waals surface area contributed by atoms with Crippen LogP contribution in [0.1, 0.15) is 57.9 Å². The van der Waals surface area contributed by atoms with Gasteiger partial charge >= 0.3 is 0 Å². The summed E-state index contributed by atoms with van der Waals surface area (Å²) in [6.07, 6.45) is 1.79. The second-order valence-corrected chi connectivity index (χ2v) is 6.08. The van der Waals surface area contributed by atoms with Gasteiger partial charge in [0.05, 0.1) is 0 Å². The van der Waals surface area contributed by atoms with Crippen molar-refractivity contribution in [2.75, 3.05) is 0 Å². The predicted molar refractivity (Wildman–Crippen MR) is 92.0 cm³/mol. The Bertz CT molecular complexity index is 702. The summed E-state index contributed by atoms with van der Waals surface area (Å²) in [5, 5.41) is 3.01. The number of aromatic amines is 1. The van der Waals surface area contributed by atoms with Crippen molar-refractivity contribution in [1.82, 2.24) is 10.3 Å². The Morgan fingerprint density at radius 3 is 2.39 bits per heavy atom. The molecule has 23 heavy (non-hydrogen) atoms. The fourth-order valence-electron chi connectivity index (χ4n) is 2.90. The fourth-order valence-corrected chi connectivity index (χ4v) is 2.90. The van der Waals surface area contributed by atoms with E-state index >= 15 is 0 Å². The van der Waals surface area contributed by atoms with E-state index in [0.29, 0.717) is 11.3 Å². The lowest BCUT2D eigenvalue weighted by Crippen LogP contribution is -2.33. The molecule has 1 amide bonds. The van der Waals surface area contributed by atoms with Crippen molar-refractivity contribution >= 4 is 11.7 Å². The van der Waals surface area contributed by atoms with Crippen LogP contribution in [0.25, 0.3) is 0 Å². The monoisotopic (exact) mass is 312 g/mol. The van der Waals surface area contributed by atoms with E-state index in [1.165, 1.54) is 12.5 Å². The minimum absolute atomic E-state index is 0.0209. The number of ketones is 1. The molecule has 1 aromatic heterocycles. The lowest BCUT2D eigenvalue weighted by Gasteiger charge is -2.14. The minimum Gasteiger partial charge on any atom is -0.354 e. The van der Waals surface area contributed by atoms with Crippen LogP contribution in [0.5, 0.6) is 0 Å². The number of H-pyrrole nitrogens is 1. The molecule has 4 nitrogen and oxygen atoms in total. The third-order valence-corrected chi connectivity index (χ3v) is 4.10. The lowest BCUT2D eigenvalue weighted by atomic mass is 10.1. The molecule has 0 saturated carbocycles. The molecule has 0 saturated heterocycles. The van der Waals surface area contributed by atoms with Crippen molar-refractivity contribution < 1.29 is 9.59 Å². The van der Waals surface area contributed by atoms with Crippen LogP contribution in [-0.4, -0.2) is 22.7 Å². The van der Waals surface area contributed by atoms with Gasteiger partial charge in [0.25, 0.3) is 5.91 Å². The van der Waals surface area contributed by atoms with Gasteiger partial charge in [-0.15, -0.1) is 0 Å². The molecule has 0 bridgehead atoms. The molecule has 2 rings (SSSR count). The summed E-state index contributed by atoms with van der Waals surface area (Å²) in [6.45, 7) is 7.15. The van der Waals surface area contributed by atoms with Gasteiger partial charge in [0, 0.05) is 17.3 Å². The van der Waals surface area contributed by atoms with Gasteiger partial charge < -0.3 is 10.3 Å². The molecule has 0 aliphatic heterocycles. The quantitative estimate of drug-likeness (QED) is 0.801. The predicted octanol–water partition coefficient (Wildman–Crippen LogP) is 3.59. The number of amides is 1. The van der Waals surface area contributed by atoms with Gasteiger partial charge in [0.1, 0.15) is 5.69 Å². The molecule has 1 aromatic carbocycles. The zero-order chi connectivity index (χ0) is 17.0. The summed E-state index contributed by atoms with van der Waals surface area (Å²) in [7, 11) is 0. The number of hydrogen-bond donors (Lipinski definition) is 2. The number of carbonyl (C=O) groups excluding carboxylic acids is 2. The van der Waals surface area contributed by atoms with Crippen molar-refractivity contribution in [1.29, 1.82) is 0 Å². The van der Waals surface area contributed by atoms with Crippen LogP contribution >= 0.6 is 0 Å². The zero-order valence-corrected chi connectivity index (χ0v) is 14.2. The maximum atomic E-state index is 12.4. The minimum atomic E-state index is -0.154. The number of aromatic nitrogens is 1. The van der Waals surface area contributed by atoms with E-state index in [9.17, 15) is 9.59 Å². The Labute approximate surface area is 137 Å². The lowest BCUT2D eigenvalue weighted by molar-refractivity contribution is 0.0933. The number of rotatable bonds is 6. The first-order valence-corrected chi connectivity index (χ1v) is 7.95. The number of Topliss-reactive ketones (excluding diaryl/α,β-unsaturated/α-hetero) is 1. The van der Waals surface area contributed by atoms with E-state index in [4.69, 9.17) is 0 Å². The van der Waals surface area contributed by atoms with E-state index in [1.54, 1.807) is 0 Å². The summed E-state index contributed by atoms with van der Waals surface area (Å²) in [4.78, 5) is 27.1. The molecule has 0 spiro atoms. The highest BCUT2D eigenvalue weighted by Gasteiger charge is 2.20. The largest absolute Gasteiger partial charge is 0.354 e. The van der Waals surface area contributed by atoms with Crippen LogP contribution in [0.3, 0.4) is 0 Å². The SMILES string of the molecule is CC(=O)c1c(C)[nH]c(C(=O)N[C@@H](C)CCc2ccccc2)c1C. The summed E-state index contributed by atoms with van der Waals surface area (Å²) in [5.41, 5.74) is 3.84. The molecule has 0 aliphatic carbocycles. The molecule has 122 valence electrons. The van der Waals surface area contributed by atoms with Crippen molar-refractivity contribution in [2.24, 2.45) is 0 Å². The highest BCUT2D eigenvalue weighted by Crippen LogP contribution is 2.18. The van der Waals surface area contributed by atoms with Crippen molar-refractivity contribution in [3.63, 3.8) is 0 Å². The highest BCUT2D eigenvalue weighted by molar-refractivity contribution is 6.02. The van der Waals surface area contributed by atoms with E-state index < -0.39 is 0 Å². The molecule has 0 aliphatic rings. The highest BCUT2D eigenvalue weighted by atomic mass is 16.2. The standard InChI is InChI=1S/C19H24N2O2/c1-12(10-11-16-8-6-5-7-9-16)20-19(23)18-13(2)17(15(4)22)14(3)21-18/h5-9,12,21H,10-11H2,1-4H3,(H,20,23)/t12-/m0/s1. The van der Waals surface area contributed by atoms with Crippen LogP contribution < -0.4 is 5.32 Å². The molecule has 0 radical (unpaired) electrons. The second-order valence-electron chi connectivity index (χ2n) is 6.08. The average molecular weight is 312 g/mol. The van der Waals surface area contributed by atoms with Crippen LogP contribution in [-0.2, 0) is 6.42 Å². The summed E-state index contributed by atoms with van der Waals surface area (Å²) >= 11 is 0. The molecule has 4 heteroatoms. The maximum Gasteiger partial charge on any atom is 0.268 e. The molecule has 0 unspecified atom stereocenters. The van der Waals surface area contributed by atoms with E-state index in [1.807, 2.05) is 39.0 Å². The molecule has 0 fully saturated rings. The smallest absolute Gasteiger partial charge is 0.268 e. The first kappa shape index (κ1) is 17.0. The third kappa shape index (κ3) is 4.09. The van der Waals surface area contributed by atoms with Crippen molar-refractivity contribution in [2.45, 2.75) is 46.6 Å². The Morgan fingerprint density at radius 1 is 1.17 bits per heavy atom. The third-order valence-electron chi connectivity index (χ3n) is 4.10. The zero-order valence-electron chi connectivity index (χ0n) is 14.2. The van der Waals surface area contributed by atoms with E-state index in [2.05, 4.69) is 22.4 Å². The Hall–Kier alpha value is -2.36. The van der Waals surface area contributed by atoms with Crippen LogP contribution in [0.4, 0.5) is 0 Å². The van der Waals surface area contributed by atoms with Crippen LogP contribution in [0.2, 0.25) is 0 Å². The van der Waals surface area contributed by atoms with E-state index in [-0.39, 0.29) is 17.7 Å². The molecular formula is C19H24N2O2. The van der Waals surface area contributed by atoms with Gasteiger partial charge in [-0.2, -0.15) is 0 Å². The van der Waals surface area contributed by atoms with Crippen LogP contribution in [0.15, 0.2) is 30.3 Å². The number of benzene rings is 1. The van der Waals surface area contributed by atoms with Crippen molar-refractivity contribution in [3.05, 3.63) is 58.4 Å². The van der Waals surface area contributed by atoms with Crippen LogP contribution in [0, 0.1) is 13.8 Å². The number of nitrogens with one attached hydrogen (secondary N) is 2. The number of carbonyl (C=O) groups is 2. The summed E-state index contributed by atoms with van der Waals surface area (Å²) in [5.74, 6) is -0.175. The number of aryl methyl sites for hydroxylation is 2. The number of hydrogen-bond acceptors (Lipinski definition) is 2. The van der Waals surface area contributed by atoms with Gasteiger partial charge in [-0.25, -0.2) is 0 Å². The normalized spacial score (nSPS) is 12.0.